The molecule has 1 atom stereocenters. The normalized spacial score (nSPS) is 25.2. The molecule has 0 saturated carbocycles. The maximum absolute atomic E-state index is 12.7. The second kappa shape index (κ2) is 8.39. The third kappa shape index (κ3) is 4.87. The Morgan fingerprint density at radius 3 is 2.60 bits per heavy atom. The summed E-state index contributed by atoms with van der Waals surface area (Å²) in [6.07, 6.45) is 1.22. The summed E-state index contributed by atoms with van der Waals surface area (Å²) in [5.74, 6) is 1.71. The number of nitrogens with zero attached hydrogens (tertiary/aromatic N) is 4. The van der Waals surface area contributed by atoms with E-state index in [0.717, 1.165) is 38.7 Å². The monoisotopic (exact) mass is 351 g/mol. The van der Waals surface area contributed by atoms with Crippen molar-refractivity contribution < 1.29 is 4.79 Å². The summed E-state index contributed by atoms with van der Waals surface area (Å²) in [5, 5.41) is 3.40. The summed E-state index contributed by atoms with van der Waals surface area (Å²) >= 11 is 0. The van der Waals surface area contributed by atoms with Gasteiger partial charge in [0.25, 0.3) is 0 Å². The van der Waals surface area contributed by atoms with Crippen LogP contribution in [0.25, 0.3) is 0 Å². The predicted octanol–water partition coefficient (Wildman–Crippen LogP) is 1.62. The van der Waals surface area contributed by atoms with Crippen molar-refractivity contribution in [3.8, 4) is 0 Å². The van der Waals surface area contributed by atoms with E-state index in [1.807, 2.05) is 4.90 Å². The van der Waals surface area contributed by atoms with Gasteiger partial charge in [-0.15, -0.1) is 0 Å². The van der Waals surface area contributed by atoms with Crippen molar-refractivity contribution in [3.63, 3.8) is 0 Å². The number of aliphatic imine (C=N–C) groups is 1. The minimum absolute atomic E-state index is 0.188. The molecule has 0 radical (unpaired) electrons. The standard InChI is InChI=1S/C19H37N5O/c1-7-20-18(21-11-16-9-10-22(8-2)12-16)23-13-17(25)24(15(3)4)19(5,6)14-23/h15-16H,7-14H2,1-6H3,(H,20,21). The minimum atomic E-state index is -0.188. The molecule has 1 amide bonds. The quantitative estimate of drug-likeness (QED) is 0.604. The molecule has 6 heteroatoms. The molecule has 2 rings (SSSR count). The Morgan fingerprint density at radius 2 is 2.08 bits per heavy atom. The summed E-state index contributed by atoms with van der Waals surface area (Å²) in [5.41, 5.74) is -0.188. The maximum atomic E-state index is 12.7. The van der Waals surface area contributed by atoms with Crippen LogP contribution in [0.4, 0.5) is 0 Å². The topological polar surface area (TPSA) is 51.2 Å². The molecule has 2 heterocycles. The number of carbonyl (C=O) groups is 1. The van der Waals surface area contributed by atoms with E-state index in [2.05, 4.69) is 56.7 Å². The van der Waals surface area contributed by atoms with E-state index in [4.69, 9.17) is 4.99 Å². The minimum Gasteiger partial charge on any atom is -0.357 e. The molecule has 0 spiro atoms. The highest BCUT2D eigenvalue weighted by atomic mass is 16.2. The largest absolute Gasteiger partial charge is 0.357 e. The molecule has 144 valence electrons. The molecular weight excluding hydrogens is 314 g/mol. The van der Waals surface area contributed by atoms with E-state index >= 15 is 0 Å². The zero-order valence-electron chi connectivity index (χ0n) is 17.0. The number of guanidine groups is 1. The van der Waals surface area contributed by atoms with Crippen LogP contribution in [0.15, 0.2) is 4.99 Å². The Morgan fingerprint density at radius 1 is 1.36 bits per heavy atom. The van der Waals surface area contributed by atoms with Gasteiger partial charge in [-0.1, -0.05) is 6.92 Å². The number of rotatable bonds is 5. The molecule has 0 aromatic rings. The molecule has 2 aliphatic heterocycles. The van der Waals surface area contributed by atoms with Gasteiger partial charge in [-0.25, -0.2) is 0 Å². The molecule has 2 aliphatic rings. The van der Waals surface area contributed by atoms with Gasteiger partial charge in [-0.2, -0.15) is 0 Å². The van der Waals surface area contributed by atoms with Crippen molar-refractivity contribution in [1.82, 2.24) is 20.0 Å². The fourth-order valence-corrected chi connectivity index (χ4v) is 4.30. The van der Waals surface area contributed by atoms with Gasteiger partial charge in [-0.3, -0.25) is 9.79 Å². The van der Waals surface area contributed by atoms with Gasteiger partial charge >= 0.3 is 0 Å². The number of hydrogen-bond donors (Lipinski definition) is 1. The van der Waals surface area contributed by atoms with Gasteiger partial charge in [0, 0.05) is 32.2 Å². The molecule has 0 aromatic carbocycles. The number of hydrogen-bond acceptors (Lipinski definition) is 3. The lowest BCUT2D eigenvalue weighted by Crippen LogP contribution is -2.66. The summed E-state index contributed by atoms with van der Waals surface area (Å²) in [6, 6.07) is 0.225. The first-order valence-corrected chi connectivity index (χ1v) is 9.86. The van der Waals surface area contributed by atoms with Crippen LogP contribution < -0.4 is 5.32 Å². The van der Waals surface area contributed by atoms with Gasteiger partial charge in [-0.05, 0) is 60.0 Å². The van der Waals surface area contributed by atoms with Crippen molar-refractivity contribution >= 4 is 11.9 Å². The highest BCUT2D eigenvalue weighted by Gasteiger charge is 2.40. The second-order valence-corrected chi connectivity index (χ2v) is 8.27. The number of nitrogens with one attached hydrogen (secondary N) is 1. The molecule has 0 bridgehead atoms. The Hall–Kier alpha value is -1.30. The molecule has 6 nitrogen and oxygen atoms in total. The van der Waals surface area contributed by atoms with Crippen LogP contribution in [0, 0.1) is 5.92 Å². The number of carbonyl (C=O) groups excluding carboxylic acids is 1. The van der Waals surface area contributed by atoms with Crippen molar-refractivity contribution in [3.05, 3.63) is 0 Å². The highest BCUT2D eigenvalue weighted by Crippen LogP contribution is 2.24. The van der Waals surface area contributed by atoms with E-state index in [0.29, 0.717) is 12.5 Å². The zero-order valence-corrected chi connectivity index (χ0v) is 17.0. The van der Waals surface area contributed by atoms with Crippen LogP contribution in [0.5, 0.6) is 0 Å². The van der Waals surface area contributed by atoms with Crippen molar-refractivity contribution in [2.75, 3.05) is 45.8 Å². The van der Waals surface area contributed by atoms with Crippen LogP contribution >= 0.6 is 0 Å². The van der Waals surface area contributed by atoms with Crippen LogP contribution in [-0.4, -0.2) is 84.0 Å². The van der Waals surface area contributed by atoms with Crippen LogP contribution in [0.2, 0.25) is 0 Å². The van der Waals surface area contributed by atoms with E-state index in [1.165, 1.54) is 13.0 Å². The predicted molar refractivity (Wildman–Crippen MR) is 104 cm³/mol. The zero-order chi connectivity index (χ0) is 18.6. The Kier molecular flexibility index (Phi) is 6.72. The van der Waals surface area contributed by atoms with Gasteiger partial charge in [0.15, 0.2) is 5.96 Å². The van der Waals surface area contributed by atoms with E-state index < -0.39 is 0 Å². The van der Waals surface area contributed by atoms with Crippen molar-refractivity contribution in [2.45, 2.75) is 59.5 Å². The first-order chi connectivity index (χ1) is 11.8. The van der Waals surface area contributed by atoms with Crippen LogP contribution in [0.3, 0.4) is 0 Å². The third-order valence-electron chi connectivity index (χ3n) is 5.29. The first kappa shape index (κ1) is 20.0. The van der Waals surface area contributed by atoms with Crippen LogP contribution in [0.1, 0.15) is 48.0 Å². The molecule has 25 heavy (non-hydrogen) atoms. The SMILES string of the molecule is CCNC(=NCC1CCN(CC)C1)N1CC(=O)N(C(C)C)C(C)(C)C1. The summed E-state index contributed by atoms with van der Waals surface area (Å²) in [4.78, 5) is 24.2. The summed E-state index contributed by atoms with van der Waals surface area (Å²) in [7, 11) is 0. The van der Waals surface area contributed by atoms with E-state index in [-0.39, 0.29) is 17.5 Å². The summed E-state index contributed by atoms with van der Waals surface area (Å²) < 4.78 is 0. The van der Waals surface area contributed by atoms with Gasteiger partial charge < -0.3 is 20.0 Å². The van der Waals surface area contributed by atoms with Gasteiger partial charge in [0.05, 0.1) is 12.1 Å². The van der Waals surface area contributed by atoms with Crippen molar-refractivity contribution in [2.24, 2.45) is 10.9 Å². The third-order valence-corrected chi connectivity index (χ3v) is 5.29. The number of likely N-dealkylation sites (tertiary alicyclic amines) is 1. The average Bonchev–Trinajstić information content (AvgIpc) is 2.97. The summed E-state index contributed by atoms with van der Waals surface area (Å²) in [6.45, 7) is 19.1. The smallest absolute Gasteiger partial charge is 0.242 e. The Balaban J connectivity index is 2.07. The molecular formula is C19H37N5O. The molecule has 0 aromatic heterocycles. The lowest BCUT2D eigenvalue weighted by molar-refractivity contribution is -0.145. The molecule has 1 N–H and O–H groups in total. The second-order valence-electron chi connectivity index (χ2n) is 8.27. The Bertz CT molecular complexity index is 488. The van der Waals surface area contributed by atoms with E-state index in [1.54, 1.807) is 0 Å². The first-order valence-electron chi connectivity index (χ1n) is 9.86. The lowest BCUT2D eigenvalue weighted by Gasteiger charge is -2.49. The number of piperazine rings is 1. The highest BCUT2D eigenvalue weighted by molar-refractivity contribution is 5.88. The molecule has 0 aliphatic carbocycles. The van der Waals surface area contributed by atoms with E-state index in [9.17, 15) is 4.79 Å². The molecule has 1 unspecified atom stereocenters. The average molecular weight is 352 g/mol. The van der Waals surface area contributed by atoms with Gasteiger partial charge in [0.1, 0.15) is 0 Å². The number of amides is 1. The lowest BCUT2D eigenvalue weighted by atomic mass is 9.96. The molecule has 2 fully saturated rings. The molecule has 2 saturated heterocycles. The Labute approximate surface area is 153 Å². The van der Waals surface area contributed by atoms with Gasteiger partial charge in [0.2, 0.25) is 5.91 Å². The van der Waals surface area contributed by atoms with Crippen LogP contribution in [-0.2, 0) is 4.79 Å². The fraction of sp³-hybridized carbons (Fsp3) is 0.895. The maximum Gasteiger partial charge on any atom is 0.242 e. The van der Waals surface area contributed by atoms with Crippen molar-refractivity contribution in [1.29, 1.82) is 0 Å². The fourth-order valence-electron chi connectivity index (χ4n) is 4.30.